The normalized spacial score (nSPS) is 16.6. The molecule has 0 atom stereocenters. The molecule has 0 spiro atoms. The van der Waals surface area contributed by atoms with Gasteiger partial charge in [-0.25, -0.2) is 4.79 Å². The first-order valence-corrected chi connectivity index (χ1v) is 6.94. The lowest BCUT2D eigenvalue weighted by atomic mass is 9.93. The fourth-order valence-electron chi connectivity index (χ4n) is 2.64. The minimum atomic E-state index is -0.898. The lowest BCUT2D eigenvalue weighted by molar-refractivity contribution is -0.138. The van der Waals surface area contributed by atoms with E-state index in [9.17, 15) is 9.59 Å². The highest BCUT2D eigenvalue weighted by molar-refractivity contribution is 6.33. The Kier molecular flexibility index (Phi) is 4.49. The average molecular weight is 297 g/mol. The van der Waals surface area contributed by atoms with Crippen molar-refractivity contribution < 1.29 is 14.7 Å². The van der Waals surface area contributed by atoms with Gasteiger partial charge in [0.1, 0.15) is 0 Å². The maximum atomic E-state index is 12.0. The van der Waals surface area contributed by atoms with E-state index in [-0.39, 0.29) is 6.42 Å². The maximum Gasteiger partial charge on any atom is 0.319 e. The van der Waals surface area contributed by atoms with Crippen LogP contribution in [0.5, 0.6) is 0 Å². The number of hydrogen-bond acceptors (Lipinski definition) is 2. The SMILES string of the molecule is O=C(O)CC1(NC(=O)Nc2ccccc2Cl)CCCC1. The number of aliphatic carboxylic acids is 1. The summed E-state index contributed by atoms with van der Waals surface area (Å²) in [7, 11) is 0. The summed E-state index contributed by atoms with van der Waals surface area (Å²) in [6.45, 7) is 0. The molecule has 0 aliphatic heterocycles. The van der Waals surface area contributed by atoms with E-state index < -0.39 is 17.5 Å². The number of carbonyl (C=O) groups excluding carboxylic acids is 1. The standard InChI is InChI=1S/C14H17ClN2O3/c15-10-5-1-2-6-11(10)16-13(20)17-14(9-12(18)19)7-3-4-8-14/h1-2,5-6H,3-4,7-9H2,(H,18,19)(H2,16,17,20). The summed E-state index contributed by atoms with van der Waals surface area (Å²) in [5, 5.41) is 14.9. The molecule has 2 amide bonds. The molecule has 1 fully saturated rings. The van der Waals surface area contributed by atoms with Crippen molar-refractivity contribution in [3.63, 3.8) is 0 Å². The molecule has 0 aromatic heterocycles. The molecular formula is C14H17ClN2O3. The van der Waals surface area contributed by atoms with Gasteiger partial charge in [0.2, 0.25) is 0 Å². The topological polar surface area (TPSA) is 78.4 Å². The van der Waals surface area contributed by atoms with Crippen LogP contribution in [-0.2, 0) is 4.79 Å². The molecule has 5 nitrogen and oxygen atoms in total. The van der Waals surface area contributed by atoms with Gasteiger partial charge in [-0.05, 0) is 25.0 Å². The molecule has 3 N–H and O–H groups in total. The number of carbonyl (C=O) groups is 2. The third-order valence-corrected chi connectivity index (χ3v) is 3.88. The predicted molar refractivity (Wildman–Crippen MR) is 77.1 cm³/mol. The first kappa shape index (κ1) is 14.7. The van der Waals surface area contributed by atoms with E-state index >= 15 is 0 Å². The number of carboxylic acid groups (broad SMARTS) is 1. The molecule has 1 aromatic carbocycles. The van der Waals surface area contributed by atoms with Crippen LogP contribution in [0.3, 0.4) is 0 Å². The number of rotatable bonds is 4. The monoisotopic (exact) mass is 296 g/mol. The van der Waals surface area contributed by atoms with Gasteiger partial charge < -0.3 is 15.7 Å². The summed E-state index contributed by atoms with van der Waals surface area (Å²) in [6, 6.07) is 6.50. The molecule has 1 saturated carbocycles. The Labute approximate surface area is 122 Å². The van der Waals surface area contributed by atoms with Gasteiger partial charge in [-0.3, -0.25) is 4.79 Å². The van der Waals surface area contributed by atoms with Gasteiger partial charge in [0, 0.05) is 0 Å². The third kappa shape index (κ3) is 3.63. The van der Waals surface area contributed by atoms with E-state index in [2.05, 4.69) is 10.6 Å². The lowest BCUT2D eigenvalue weighted by Gasteiger charge is -2.28. The molecule has 20 heavy (non-hydrogen) atoms. The summed E-state index contributed by atoms with van der Waals surface area (Å²) in [5.74, 6) is -0.898. The van der Waals surface area contributed by atoms with E-state index in [0.29, 0.717) is 23.6 Å². The second-order valence-electron chi connectivity index (χ2n) is 5.12. The molecule has 0 bridgehead atoms. The minimum Gasteiger partial charge on any atom is -0.481 e. The summed E-state index contributed by atoms with van der Waals surface area (Å²) < 4.78 is 0. The molecule has 0 unspecified atom stereocenters. The lowest BCUT2D eigenvalue weighted by Crippen LogP contribution is -2.49. The Morgan fingerprint density at radius 2 is 1.90 bits per heavy atom. The molecule has 108 valence electrons. The van der Waals surface area contributed by atoms with Crippen LogP contribution < -0.4 is 10.6 Å². The summed E-state index contributed by atoms with van der Waals surface area (Å²) >= 11 is 5.97. The van der Waals surface area contributed by atoms with Gasteiger partial charge in [-0.1, -0.05) is 36.6 Å². The van der Waals surface area contributed by atoms with Gasteiger partial charge in [0.05, 0.1) is 22.7 Å². The highest BCUT2D eigenvalue weighted by Crippen LogP contribution is 2.32. The molecule has 0 saturated heterocycles. The predicted octanol–water partition coefficient (Wildman–Crippen LogP) is 3.25. The Hall–Kier alpha value is -1.75. The Morgan fingerprint density at radius 1 is 1.25 bits per heavy atom. The van der Waals surface area contributed by atoms with Crippen LogP contribution in [-0.4, -0.2) is 22.6 Å². The van der Waals surface area contributed by atoms with E-state index in [1.807, 2.05) is 0 Å². The van der Waals surface area contributed by atoms with Crippen LogP contribution in [0.4, 0.5) is 10.5 Å². The largest absolute Gasteiger partial charge is 0.481 e. The quantitative estimate of drug-likeness (QED) is 0.798. The fourth-order valence-corrected chi connectivity index (χ4v) is 2.83. The van der Waals surface area contributed by atoms with E-state index in [4.69, 9.17) is 16.7 Å². The second-order valence-corrected chi connectivity index (χ2v) is 5.52. The van der Waals surface area contributed by atoms with E-state index in [0.717, 1.165) is 12.8 Å². The van der Waals surface area contributed by atoms with Gasteiger partial charge in [-0.2, -0.15) is 0 Å². The van der Waals surface area contributed by atoms with Crippen molar-refractivity contribution in [2.75, 3.05) is 5.32 Å². The van der Waals surface area contributed by atoms with Crippen LogP contribution in [0.1, 0.15) is 32.1 Å². The zero-order valence-electron chi connectivity index (χ0n) is 11.0. The van der Waals surface area contributed by atoms with Gasteiger partial charge >= 0.3 is 12.0 Å². The molecular weight excluding hydrogens is 280 g/mol. The minimum absolute atomic E-state index is 0.0526. The van der Waals surface area contributed by atoms with Crippen molar-refractivity contribution in [2.45, 2.75) is 37.6 Å². The Morgan fingerprint density at radius 3 is 2.50 bits per heavy atom. The fraction of sp³-hybridized carbons (Fsp3) is 0.429. The molecule has 1 aromatic rings. The van der Waals surface area contributed by atoms with E-state index in [1.165, 1.54) is 0 Å². The number of nitrogens with one attached hydrogen (secondary N) is 2. The van der Waals surface area contributed by atoms with Crippen molar-refractivity contribution >= 4 is 29.3 Å². The molecule has 0 radical (unpaired) electrons. The zero-order chi connectivity index (χ0) is 14.6. The number of carboxylic acids is 1. The van der Waals surface area contributed by atoms with Crippen molar-refractivity contribution in [2.24, 2.45) is 0 Å². The molecule has 1 aliphatic rings. The summed E-state index contributed by atoms with van der Waals surface area (Å²) in [5.41, 5.74) is -0.132. The molecule has 6 heteroatoms. The van der Waals surface area contributed by atoms with Crippen LogP contribution in [0, 0.1) is 0 Å². The third-order valence-electron chi connectivity index (χ3n) is 3.55. The highest BCUT2D eigenvalue weighted by atomic mass is 35.5. The van der Waals surface area contributed by atoms with Gasteiger partial charge in [0.15, 0.2) is 0 Å². The average Bonchev–Trinajstić information content (AvgIpc) is 2.79. The number of halogens is 1. The van der Waals surface area contributed by atoms with Crippen molar-refractivity contribution in [1.82, 2.24) is 5.32 Å². The summed E-state index contributed by atoms with van der Waals surface area (Å²) in [4.78, 5) is 23.0. The number of hydrogen-bond donors (Lipinski definition) is 3. The number of benzene rings is 1. The Balaban J connectivity index is 2.02. The van der Waals surface area contributed by atoms with Gasteiger partial charge in [0.25, 0.3) is 0 Å². The molecule has 1 aliphatic carbocycles. The van der Waals surface area contributed by atoms with E-state index in [1.54, 1.807) is 24.3 Å². The number of anilines is 1. The number of urea groups is 1. The first-order chi connectivity index (χ1) is 9.51. The number of para-hydroxylation sites is 1. The van der Waals surface area contributed by atoms with Crippen molar-refractivity contribution in [3.05, 3.63) is 29.3 Å². The summed E-state index contributed by atoms with van der Waals surface area (Å²) in [6.07, 6.45) is 3.19. The smallest absolute Gasteiger partial charge is 0.319 e. The van der Waals surface area contributed by atoms with Crippen LogP contribution in [0.25, 0.3) is 0 Å². The van der Waals surface area contributed by atoms with Crippen LogP contribution in [0.15, 0.2) is 24.3 Å². The highest BCUT2D eigenvalue weighted by Gasteiger charge is 2.37. The van der Waals surface area contributed by atoms with Gasteiger partial charge in [-0.15, -0.1) is 0 Å². The molecule has 2 rings (SSSR count). The van der Waals surface area contributed by atoms with Crippen molar-refractivity contribution in [1.29, 1.82) is 0 Å². The molecule has 0 heterocycles. The van der Waals surface area contributed by atoms with Crippen LogP contribution >= 0.6 is 11.6 Å². The first-order valence-electron chi connectivity index (χ1n) is 6.56. The second kappa shape index (κ2) is 6.13. The van der Waals surface area contributed by atoms with Crippen molar-refractivity contribution in [3.8, 4) is 0 Å². The van der Waals surface area contributed by atoms with Crippen LogP contribution in [0.2, 0.25) is 5.02 Å². The zero-order valence-corrected chi connectivity index (χ0v) is 11.7. The maximum absolute atomic E-state index is 12.0. The Bertz CT molecular complexity index is 513. The number of amides is 2.